The lowest BCUT2D eigenvalue weighted by Crippen LogP contribution is -2.59. The first-order valence-corrected chi connectivity index (χ1v) is 25.5. The highest BCUT2D eigenvalue weighted by molar-refractivity contribution is 5.95. The third kappa shape index (κ3) is 20.6. The van der Waals surface area contributed by atoms with Crippen LogP contribution in [0.5, 0.6) is 11.5 Å². The number of cyclic esters (lactones) is 1. The number of esters is 1. The summed E-state index contributed by atoms with van der Waals surface area (Å²) in [6.07, 6.45) is 8.86. The molecular weight excluding hydrogens is 955 g/mol. The van der Waals surface area contributed by atoms with E-state index in [9.17, 15) is 58.8 Å². The second kappa shape index (κ2) is 31.1. The number of aliphatic hydroxyl groups excluding tert-OH is 2. The summed E-state index contributed by atoms with van der Waals surface area (Å²) in [6.45, 7) is 10.9. The van der Waals surface area contributed by atoms with Crippen LogP contribution in [0.15, 0.2) is 72.8 Å². The fourth-order valence-corrected chi connectivity index (χ4v) is 7.96. The average Bonchev–Trinajstić information content (AvgIpc) is 3.35. The van der Waals surface area contributed by atoms with Crippen LogP contribution in [0.2, 0.25) is 0 Å². The van der Waals surface area contributed by atoms with Crippen LogP contribution in [0.25, 0.3) is 0 Å². The van der Waals surface area contributed by atoms with Gasteiger partial charge in [-0.1, -0.05) is 110 Å². The molecule has 1 heterocycles. The third-order valence-corrected chi connectivity index (χ3v) is 12.5. The zero-order chi connectivity index (χ0) is 55.1. The lowest BCUT2D eigenvalue weighted by atomic mass is 9.99. The Morgan fingerprint density at radius 2 is 1.38 bits per heavy atom. The van der Waals surface area contributed by atoms with Gasteiger partial charge in [0.15, 0.2) is 0 Å². The Hall–Kier alpha value is -6.80. The van der Waals surface area contributed by atoms with Crippen molar-refractivity contribution in [3.8, 4) is 11.5 Å². The van der Waals surface area contributed by atoms with E-state index in [1.54, 1.807) is 71.9 Å². The predicted molar refractivity (Wildman–Crippen MR) is 277 cm³/mol. The van der Waals surface area contributed by atoms with Gasteiger partial charge in [0.1, 0.15) is 48.3 Å². The number of ether oxygens (including phenoxy) is 1. The lowest BCUT2D eigenvalue weighted by molar-refractivity contribution is -0.156. The average molecular weight is 1030 g/mol. The maximum atomic E-state index is 13.9. The molecule has 0 aliphatic carbocycles. The first-order chi connectivity index (χ1) is 35.0. The van der Waals surface area contributed by atoms with Gasteiger partial charge in [0.2, 0.25) is 41.4 Å². The molecule has 74 heavy (non-hydrogen) atoms. The molecular formula is C54H79N7O13. The molecule has 3 rings (SSSR count). The quantitative estimate of drug-likeness (QED) is 0.0368. The number of carbonyl (C=O) groups excluding carboxylic acids is 8. The monoisotopic (exact) mass is 1030 g/mol. The van der Waals surface area contributed by atoms with Gasteiger partial charge >= 0.3 is 5.97 Å². The number of aliphatic hydroxyl groups is 2. The van der Waals surface area contributed by atoms with Crippen molar-refractivity contribution in [2.24, 2.45) is 17.8 Å². The molecule has 408 valence electrons. The van der Waals surface area contributed by atoms with Crippen molar-refractivity contribution >= 4 is 47.3 Å². The Balaban J connectivity index is 1.72. The topological polar surface area (TPSA) is 302 Å². The fraction of sp³-hybridized carbons (Fsp3) is 0.556. The van der Waals surface area contributed by atoms with Gasteiger partial charge in [0, 0.05) is 32.4 Å². The molecule has 10 N–H and O–H groups in total. The van der Waals surface area contributed by atoms with Crippen LogP contribution in [0.3, 0.4) is 0 Å². The number of phenols is 2. The van der Waals surface area contributed by atoms with Crippen LogP contribution in [-0.2, 0) is 55.9 Å². The second-order valence-corrected chi connectivity index (χ2v) is 19.8. The molecule has 1 aliphatic rings. The van der Waals surface area contributed by atoms with Crippen LogP contribution < -0.4 is 31.9 Å². The lowest BCUT2D eigenvalue weighted by Gasteiger charge is -2.32. The number of hydrogen-bond acceptors (Lipinski definition) is 13. The van der Waals surface area contributed by atoms with Gasteiger partial charge in [-0.25, -0.2) is 4.79 Å². The molecule has 0 saturated carbocycles. The smallest absolute Gasteiger partial charge is 0.329 e. The summed E-state index contributed by atoms with van der Waals surface area (Å²) in [7, 11) is 1.42. The molecule has 7 amide bonds. The summed E-state index contributed by atoms with van der Waals surface area (Å²) in [5, 5.41) is 57.0. The van der Waals surface area contributed by atoms with Crippen molar-refractivity contribution in [3.05, 3.63) is 84.0 Å². The number of rotatable bonds is 26. The highest BCUT2D eigenvalue weighted by atomic mass is 16.5. The van der Waals surface area contributed by atoms with E-state index in [-0.39, 0.29) is 36.7 Å². The fourth-order valence-electron chi connectivity index (χ4n) is 7.96. The second-order valence-electron chi connectivity index (χ2n) is 19.8. The van der Waals surface area contributed by atoms with E-state index in [1.807, 2.05) is 6.08 Å². The highest BCUT2D eigenvalue weighted by Crippen LogP contribution is 2.18. The number of nitrogens with one attached hydrogen (secondary N) is 6. The van der Waals surface area contributed by atoms with Gasteiger partial charge in [0.25, 0.3) is 0 Å². The van der Waals surface area contributed by atoms with E-state index in [0.717, 1.165) is 38.2 Å². The number of likely N-dealkylation sites (N-methyl/N-ethyl adjacent to an activating group) is 1. The van der Waals surface area contributed by atoms with E-state index in [1.165, 1.54) is 42.3 Å². The summed E-state index contributed by atoms with van der Waals surface area (Å²) in [5.41, 5.74) is 1.22. The van der Waals surface area contributed by atoms with Crippen LogP contribution >= 0.6 is 0 Å². The van der Waals surface area contributed by atoms with E-state index < -0.39 is 127 Å². The number of aromatic hydroxyl groups is 2. The molecule has 0 radical (unpaired) electrons. The molecule has 0 aromatic heterocycles. The standard InChI is InChI=1S/C54H79N7O13/c1-9-10-11-12-13-14-15-16-44(66)56-40(27-35-17-22-38(63)23-18-35)50(69)60-48(33(4)5)52(71)57-41(30-62)43(65)29-46(68)59-47(32(2)3)51(70)55-37-21-26-45(67)58-49(34(6)7)53(72)61(8)42(54(73)74-31-37)28-36-19-24-39(64)25-20-36/h14-15,17-26,32-34,37,40-43,47-49,62-65H,9-13,16,27-31H2,1-8H3,(H,55,70)(H,56,66)(H,57,71)(H,58,67)(H,59,68)(H,60,69)/b15-14-,26-21-/t37-,40+,41+,42+,43+,47+,48+,49+/m1/s1. The number of amides is 7. The number of carbonyl (C=O) groups is 8. The van der Waals surface area contributed by atoms with Crippen molar-refractivity contribution in [1.29, 1.82) is 0 Å². The van der Waals surface area contributed by atoms with Crippen LogP contribution in [0.1, 0.15) is 105 Å². The number of nitrogens with zero attached hydrogens (tertiary/aromatic N) is 1. The van der Waals surface area contributed by atoms with E-state index in [4.69, 9.17) is 4.74 Å². The summed E-state index contributed by atoms with van der Waals surface area (Å²) < 4.78 is 5.66. The summed E-state index contributed by atoms with van der Waals surface area (Å²) in [4.78, 5) is 110. The highest BCUT2D eigenvalue weighted by Gasteiger charge is 2.37. The van der Waals surface area contributed by atoms with Gasteiger partial charge in [-0.15, -0.1) is 0 Å². The molecule has 2 aromatic rings. The molecule has 0 spiro atoms. The Morgan fingerprint density at radius 3 is 1.96 bits per heavy atom. The molecule has 0 saturated heterocycles. The maximum Gasteiger partial charge on any atom is 0.329 e. The molecule has 0 unspecified atom stereocenters. The first kappa shape index (κ1) is 61.5. The maximum absolute atomic E-state index is 13.9. The Kier molecular flexibility index (Phi) is 25.8. The number of benzene rings is 2. The van der Waals surface area contributed by atoms with Crippen molar-refractivity contribution in [2.75, 3.05) is 20.3 Å². The minimum Gasteiger partial charge on any atom is -0.508 e. The minimum absolute atomic E-state index is 0.00189. The van der Waals surface area contributed by atoms with Gasteiger partial charge in [-0.05, 0) is 66.0 Å². The number of phenolic OH excluding ortho intramolecular Hbond substituents is 2. The molecule has 0 bridgehead atoms. The van der Waals surface area contributed by atoms with E-state index in [0.29, 0.717) is 11.1 Å². The van der Waals surface area contributed by atoms with Crippen LogP contribution in [0.4, 0.5) is 0 Å². The van der Waals surface area contributed by atoms with Gasteiger partial charge in [-0.3, -0.25) is 33.6 Å². The van der Waals surface area contributed by atoms with Crippen molar-refractivity contribution in [3.63, 3.8) is 0 Å². The van der Waals surface area contributed by atoms with E-state index in [2.05, 4.69) is 38.8 Å². The largest absolute Gasteiger partial charge is 0.508 e. The Labute approximate surface area is 434 Å². The summed E-state index contributed by atoms with van der Waals surface area (Å²) >= 11 is 0. The minimum atomic E-state index is -1.69. The molecule has 20 heteroatoms. The SMILES string of the molecule is CCCCCC/C=C\CC(=O)N[C@@H](Cc1ccc(O)cc1)C(=O)N[C@H](C(=O)N[C@@H](CO)[C@@H](O)CC(=O)N[C@H](C(=O)N[C@@H]1/C=C\C(=O)N[C@@H](C(C)C)C(=O)N(C)[C@@H](Cc2ccc(O)cc2)C(=O)OC1)C(C)C)C(C)C. The molecule has 20 nitrogen and oxygen atoms in total. The zero-order valence-corrected chi connectivity index (χ0v) is 44.0. The van der Waals surface area contributed by atoms with Crippen LogP contribution in [-0.4, -0.2) is 141 Å². The number of unbranched alkanes of at least 4 members (excludes halogenated alkanes) is 4. The summed E-state index contributed by atoms with van der Waals surface area (Å²) in [6, 6.07) is 3.83. The molecule has 2 aromatic carbocycles. The molecule has 0 fully saturated rings. The molecule has 1 aliphatic heterocycles. The van der Waals surface area contributed by atoms with Crippen molar-refractivity contribution in [1.82, 2.24) is 36.8 Å². The van der Waals surface area contributed by atoms with Crippen LogP contribution in [0, 0.1) is 17.8 Å². The number of allylic oxidation sites excluding steroid dienone is 1. The van der Waals surface area contributed by atoms with Crippen molar-refractivity contribution in [2.45, 2.75) is 155 Å². The Morgan fingerprint density at radius 1 is 0.770 bits per heavy atom. The van der Waals surface area contributed by atoms with Gasteiger partial charge in [0.05, 0.1) is 31.2 Å². The van der Waals surface area contributed by atoms with E-state index >= 15 is 0 Å². The summed E-state index contributed by atoms with van der Waals surface area (Å²) in [5.74, 6) is -6.95. The molecule has 8 atom stereocenters. The Bertz CT molecular complexity index is 2230. The van der Waals surface area contributed by atoms with Gasteiger partial charge in [-0.2, -0.15) is 0 Å². The van der Waals surface area contributed by atoms with Crippen molar-refractivity contribution < 1.29 is 63.5 Å². The van der Waals surface area contributed by atoms with Gasteiger partial charge < -0.3 is 62.0 Å². The normalized spacial score (nSPS) is 19.0. The zero-order valence-electron chi connectivity index (χ0n) is 44.0. The predicted octanol–water partition coefficient (Wildman–Crippen LogP) is 2.36. The first-order valence-electron chi connectivity index (χ1n) is 25.5. The third-order valence-electron chi connectivity index (χ3n) is 12.5. The number of hydrogen-bond donors (Lipinski definition) is 10.